The van der Waals surface area contributed by atoms with Gasteiger partial charge in [-0.25, -0.2) is 0 Å². The van der Waals surface area contributed by atoms with Crippen LogP contribution in [-0.2, 0) is 4.79 Å². The minimum atomic E-state index is 0.0582. The average Bonchev–Trinajstić information content (AvgIpc) is 3.22. The predicted molar refractivity (Wildman–Crippen MR) is 133 cm³/mol. The van der Waals surface area contributed by atoms with Gasteiger partial charge in [0.1, 0.15) is 17.1 Å². The van der Waals surface area contributed by atoms with Crippen LogP contribution >= 0.6 is 0 Å². The fraction of sp³-hybridized carbons (Fsp3) is 0.393. The largest absolute Gasteiger partial charge is 0.496 e. The van der Waals surface area contributed by atoms with Gasteiger partial charge in [-0.05, 0) is 49.8 Å². The van der Waals surface area contributed by atoms with Crippen molar-refractivity contribution in [2.45, 2.75) is 34.1 Å². The lowest BCUT2D eigenvalue weighted by Crippen LogP contribution is -2.41. The monoisotopic (exact) mass is 447 g/mol. The zero-order valence-electron chi connectivity index (χ0n) is 20.4. The number of methoxy groups -OCH3 is 2. The third kappa shape index (κ3) is 4.37. The number of rotatable bonds is 5. The van der Waals surface area contributed by atoms with Crippen LogP contribution in [0.1, 0.15) is 38.3 Å². The summed E-state index contributed by atoms with van der Waals surface area (Å²) in [5, 5.41) is 0.966. The molecule has 0 aliphatic carbocycles. The number of benzene rings is 2. The normalized spacial score (nSPS) is 19.1. The Labute approximate surface area is 196 Å². The molecule has 2 atom stereocenters. The number of nitrogens with zero attached hydrogens (tertiary/aromatic N) is 1. The third-order valence-electron chi connectivity index (χ3n) is 6.59. The number of hydrogen-bond acceptors (Lipinski definition) is 4. The number of ether oxygens (including phenoxy) is 2. The second-order valence-corrected chi connectivity index (χ2v) is 9.33. The number of fused-ring (bicyclic) bond motifs is 1. The van der Waals surface area contributed by atoms with E-state index in [2.05, 4.69) is 19.9 Å². The van der Waals surface area contributed by atoms with Gasteiger partial charge in [-0.2, -0.15) is 0 Å². The lowest BCUT2D eigenvalue weighted by molar-refractivity contribution is -0.128. The number of furan rings is 1. The van der Waals surface area contributed by atoms with Crippen molar-refractivity contribution in [3.63, 3.8) is 0 Å². The van der Waals surface area contributed by atoms with Gasteiger partial charge < -0.3 is 18.8 Å². The van der Waals surface area contributed by atoms with Crippen molar-refractivity contribution in [2.75, 3.05) is 27.3 Å². The summed E-state index contributed by atoms with van der Waals surface area (Å²) in [7, 11) is 3.33. The summed E-state index contributed by atoms with van der Waals surface area (Å²) in [6.45, 7) is 10.0. The molecule has 2 heterocycles. The predicted octanol–water partition coefficient (Wildman–Crippen LogP) is 6.33. The maximum atomic E-state index is 13.1. The van der Waals surface area contributed by atoms with Crippen molar-refractivity contribution in [3.8, 4) is 22.6 Å². The fourth-order valence-electron chi connectivity index (χ4n) is 5.14. The highest BCUT2D eigenvalue weighted by molar-refractivity contribution is 6.02. The van der Waals surface area contributed by atoms with E-state index in [4.69, 9.17) is 13.9 Å². The molecule has 2 unspecified atom stereocenters. The minimum absolute atomic E-state index is 0.0582. The summed E-state index contributed by atoms with van der Waals surface area (Å²) < 4.78 is 17.3. The fourth-order valence-corrected chi connectivity index (χ4v) is 5.14. The van der Waals surface area contributed by atoms with Crippen LogP contribution in [0.4, 0.5) is 0 Å². The maximum Gasteiger partial charge on any atom is 0.246 e. The SMILES string of the molecule is COc1ccccc1-c1coc2c(C)c(OC)c(/C(C)=C/C(=O)N3CC(C)CC(C)C3)cc12. The van der Waals surface area contributed by atoms with Gasteiger partial charge in [-0.1, -0.05) is 32.0 Å². The highest BCUT2D eigenvalue weighted by atomic mass is 16.5. The molecule has 0 spiro atoms. The van der Waals surface area contributed by atoms with Crippen molar-refractivity contribution in [1.82, 2.24) is 4.90 Å². The molecule has 4 rings (SSSR count). The van der Waals surface area contributed by atoms with E-state index in [0.29, 0.717) is 11.8 Å². The molecule has 2 aromatic carbocycles. The maximum absolute atomic E-state index is 13.1. The van der Waals surface area contributed by atoms with E-state index in [9.17, 15) is 4.79 Å². The van der Waals surface area contributed by atoms with Crippen molar-refractivity contribution >= 4 is 22.4 Å². The second-order valence-electron chi connectivity index (χ2n) is 9.33. The van der Waals surface area contributed by atoms with Gasteiger partial charge in [0.25, 0.3) is 0 Å². The van der Waals surface area contributed by atoms with E-state index in [1.54, 1.807) is 26.6 Å². The number of amides is 1. The van der Waals surface area contributed by atoms with Gasteiger partial charge in [-0.15, -0.1) is 0 Å². The molecule has 174 valence electrons. The number of aryl methyl sites for hydroxylation is 1. The van der Waals surface area contributed by atoms with Crippen LogP contribution in [0.5, 0.6) is 11.5 Å². The van der Waals surface area contributed by atoms with E-state index in [1.807, 2.05) is 43.0 Å². The Kier molecular flexibility index (Phi) is 6.50. The Morgan fingerprint density at radius 1 is 1.09 bits per heavy atom. The Balaban J connectivity index is 1.80. The van der Waals surface area contributed by atoms with Crippen LogP contribution in [0.25, 0.3) is 27.7 Å². The van der Waals surface area contributed by atoms with Crippen LogP contribution in [-0.4, -0.2) is 38.1 Å². The smallest absolute Gasteiger partial charge is 0.246 e. The van der Waals surface area contributed by atoms with Crippen LogP contribution in [0.3, 0.4) is 0 Å². The molecule has 1 amide bonds. The highest BCUT2D eigenvalue weighted by Gasteiger charge is 2.25. The Morgan fingerprint density at radius 2 is 1.79 bits per heavy atom. The summed E-state index contributed by atoms with van der Waals surface area (Å²) in [5.41, 5.74) is 5.36. The molecule has 1 aromatic heterocycles. The molecule has 5 nitrogen and oxygen atoms in total. The molecule has 0 bridgehead atoms. The zero-order valence-corrected chi connectivity index (χ0v) is 20.4. The summed E-state index contributed by atoms with van der Waals surface area (Å²) in [6.07, 6.45) is 4.68. The van der Waals surface area contributed by atoms with Crippen LogP contribution in [0.2, 0.25) is 0 Å². The summed E-state index contributed by atoms with van der Waals surface area (Å²) in [6, 6.07) is 9.96. The second kappa shape index (κ2) is 9.34. The Bertz CT molecular complexity index is 1200. The van der Waals surface area contributed by atoms with Gasteiger partial charge >= 0.3 is 0 Å². The van der Waals surface area contributed by atoms with Gasteiger partial charge in [-0.3, -0.25) is 4.79 Å². The standard InChI is InChI=1S/C28H33NO4/c1-17-11-18(2)15-29(14-17)26(30)12-19(3)22-13-23-24(21-9-7-8-10-25(21)31-5)16-33-28(23)20(4)27(22)32-6/h7-10,12-13,16-18H,11,14-15H2,1-6H3/b19-12+. The van der Waals surface area contributed by atoms with Gasteiger partial charge in [0.2, 0.25) is 5.91 Å². The number of carbonyl (C=O) groups excluding carboxylic acids is 1. The third-order valence-corrected chi connectivity index (χ3v) is 6.59. The molecular weight excluding hydrogens is 414 g/mol. The molecular formula is C28H33NO4. The Morgan fingerprint density at radius 3 is 2.45 bits per heavy atom. The van der Waals surface area contributed by atoms with Crippen molar-refractivity contribution < 1.29 is 18.7 Å². The number of allylic oxidation sites excluding steroid dienone is 1. The molecule has 0 radical (unpaired) electrons. The molecule has 33 heavy (non-hydrogen) atoms. The van der Waals surface area contributed by atoms with Gasteiger partial charge in [0.15, 0.2) is 0 Å². The first-order chi connectivity index (χ1) is 15.8. The number of hydrogen-bond donors (Lipinski definition) is 0. The first-order valence-electron chi connectivity index (χ1n) is 11.5. The molecule has 1 aliphatic heterocycles. The quantitative estimate of drug-likeness (QED) is 0.429. The van der Waals surface area contributed by atoms with E-state index < -0.39 is 0 Å². The molecule has 1 saturated heterocycles. The molecule has 3 aromatic rings. The summed E-state index contributed by atoms with van der Waals surface area (Å²) >= 11 is 0. The topological polar surface area (TPSA) is 51.9 Å². The Hall–Kier alpha value is -3.21. The van der Waals surface area contributed by atoms with Crippen LogP contribution in [0, 0.1) is 18.8 Å². The first-order valence-corrected chi connectivity index (χ1v) is 11.5. The minimum Gasteiger partial charge on any atom is -0.496 e. The summed E-state index contributed by atoms with van der Waals surface area (Å²) in [4.78, 5) is 15.1. The number of carbonyl (C=O) groups is 1. The zero-order chi connectivity index (χ0) is 23.7. The molecule has 1 aliphatic rings. The van der Waals surface area contributed by atoms with E-state index >= 15 is 0 Å². The molecule has 0 saturated carbocycles. The lowest BCUT2D eigenvalue weighted by Gasteiger charge is -2.34. The molecule has 0 N–H and O–H groups in total. The van der Waals surface area contributed by atoms with Crippen LogP contribution in [0.15, 0.2) is 47.1 Å². The van der Waals surface area contributed by atoms with Crippen molar-refractivity contribution in [2.24, 2.45) is 11.8 Å². The van der Waals surface area contributed by atoms with Crippen molar-refractivity contribution in [1.29, 1.82) is 0 Å². The highest BCUT2D eigenvalue weighted by Crippen LogP contribution is 2.42. The average molecular weight is 448 g/mol. The molecule has 5 heteroatoms. The summed E-state index contributed by atoms with van der Waals surface area (Å²) in [5.74, 6) is 2.61. The molecule has 1 fully saturated rings. The lowest BCUT2D eigenvalue weighted by atomic mass is 9.91. The number of piperidine rings is 1. The van der Waals surface area contributed by atoms with Gasteiger partial charge in [0, 0.05) is 46.8 Å². The van der Waals surface area contributed by atoms with E-state index in [1.165, 1.54) is 6.42 Å². The van der Waals surface area contributed by atoms with Crippen molar-refractivity contribution in [3.05, 3.63) is 53.8 Å². The van der Waals surface area contributed by atoms with E-state index in [-0.39, 0.29) is 5.91 Å². The number of para-hydroxylation sites is 1. The van der Waals surface area contributed by atoms with Crippen LogP contribution < -0.4 is 9.47 Å². The van der Waals surface area contributed by atoms with E-state index in [0.717, 1.165) is 63.4 Å². The number of likely N-dealkylation sites (tertiary alicyclic amines) is 1. The van der Waals surface area contributed by atoms with Gasteiger partial charge in [0.05, 0.1) is 20.5 Å². The first kappa shape index (κ1) is 23.0.